The number of carbonyl (C=O) groups is 3. The van der Waals surface area contributed by atoms with E-state index in [0.717, 1.165) is 12.8 Å². The molecule has 2 saturated heterocycles. The highest BCUT2D eigenvalue weighted by Crippen LogP contribution is 2.58. The molecular formula is C30H39N3O6. The first kappa shape index (κ1) is 27.4. The number of likely N-dealkylation sites (tertiary alicyclic amines) is 1. The van der Waals surface area contributed by atoms with Gasteiger partial charge < -0.3 is 29.3 Å². The normalized spacial score (nSPS) is 32.6. The summed E-state index contributed by atoms with van der Waals surface area (Å²) in [7, 11) is 0. The Morgan fingerprint density at radius 1 is 1.03 bits per heavy atom. The quantitative estimate of drug-likeness (QED) is 0.512. The lowest BCUT2D eigenvalue weighted by Gasteiger charge is -2.39. The van der Waals surface area contributed by atoms with Crippen LogP contribution in [0, 0.1) is 11.8 Å². The number of amides is 3. The largest absolute Gasteiger partial charge is 0.494 e. The molecule has 39 heavy (non-hydrogen) atoms. The van der Waals surface area contributed by atoms with Gasteiger partial charge >= 0.3 is 0 Å². The summed E-state index contributed by atoms with van der Waals surface area (Å²) >= 11 is 0. The molecule has 9 nitrogen and oxygen atoms in total. The molecule has 4 aliphatic heterocycles. The molecule has 1 unspecified atom stereocenters. The molecule has 1 spiro atoms. The molecule has 0 bridgehead atoms. The molecule has 5 rings (SSSR count). The van der Waals surface area contributed by atoms with E-state index in [1.165, 1.54) is 4.90 Å². The first-order valence-corrected chi connectivity index (χ1v) is 14.0. The maximum absolute atomic E-state index is 14.4. The van der Waals surface area contributed by atoms with Crippen molar-refractivity contribution < 1.29 is 29.0 Å². The van der Waals surface area contributed by atoms with E-state index in [1.54, 1.807) is 16.7 Å². The number of hydrogen-bond donors (Lipinski definition) is 1. The summed E-state index contributed by atoms with van der Waals surface area (Å²) in [5.74, 6) is -1.82. The Balaban J connectivity index is 1.58. The van der Waals surface area contributed by atoms with Crippen LogP contribution in [-0.4, -0.2) is 88.8 Å². The summed E-state index contributed by atoms with van der Waals surface area (Å²) in [6.45, 7) is 9.09. The van der Waals surface area contributed by atoms with Gasteiger partial charge in [0.05, 0.1) is 36.7 Å². The molecule has 0 radical (unpaired) electrons. The lowest BCUT2D eigenvalue weighted by Crippen LogP contribution is -2.58. The Hall–Kier alpha value is -3.17. The first-order chi connectivity index (χ1) is 18.7. The second-order valence-corrected chi connectivity index (χ2v) is 11.1. The average Bonchev–Trinajstić information content (AvgIpc) is 3.20. The van der Waals surface area contributed by atoms with E-state index in [2.05, 4.69) is 6.92 Å². The smallest absolute Gasteiger partial charge is 0.249 e. The number of aliphatic hydroxyl groups excluding tert-OH is 1. The molecule has 1 aromatic rings. The van der Waals surface area contributed by atoms with Crippen molar-refractivity contribution in [1.82, 2.24) is 9.80 Å². The van der Waals surface area contributed by atoms with Crippen molar-refractivity contribution in [3.05, 3.63) is 48.6 Å². The van der Waals surface area contributed by atoms with Crippen LogP contribution in [0.4, 0.5) is 5.69 Å². The van der Waals surface area contributed by atoms with E-state index in [1.807, 2.05) is 62.4 Å². The molecule has 9 heteroatoms. The first-order valence-electron chi connectivity index (χ1n) is 14.0. The molecule has 4 heterocycles. The summed E-state index contributed by atoms with van der Waals surface area (Å²) < 4.78 is 12.4. The lowest BCUT2D eigenvalue weighted by atomic mass is 9.74. The molecule has 210 valence electrons. The number of carbonyl (C=O) groups excluding carboxylic acids is 3. The van der Waals surface area contributed by atoms with Gasteiger partial charge in [-0.3, -0.25) is 14.4 Å². The van der Waals surface area contributed by atoms with Crippen LogP contribution in [0.15, 0.2) is 48.6 Å². The second-order valence-electron chi connectivity index (χ2n) is 11.1. The van der Waals surface area contributed by atoms with Gasteiger partial charge in [0.25, 0.3) is 0 Å². The Labute approximate surface area is 230 Å². The minimum absolute atomic E-state index is 0.204. The lowest BCUT2D eigenvalue weighted by molar-refractivity contribution is -0.153. The monoisotopic (exact) mass is 537 g/mol. The van der Waals surface area contributed by atoms with Gasteiger partial charge in [-0.15, -0.1) is 0 Å². The van der Waals surface area contributed by atoms with Crippen molar-refractivity contribution in [2.75, 3.05) is 37.7 Å². The zero-order valence-electron chi connectivity index (χ0n) is 23.2. The van der Waals surface area contributed by atoms with Crippen LogP contribution in [0.5, 0.6) is 5.75 Å². The topological polar surface area (TPSA) is 99.6 Å². The van der Waals surface area contributed by atoms with E-state index in [9.17, 15) is 19.5 Å². The van der Waals surface area contributed by atoms with Gasteiger partial charge in [0, 0.05) is 25.3 Å². The third-order valence-corrected chi connectivity index (χ3v) is 8.56. The van der Waals surface area contributed by atoms with Crippen LogP contribution in [-0.2, 0) is 19.1 Å². The Kier molecular flexibility index (Phi) is 7.33. The molecule has 4 aliphatic rings. The van der Waals surface area contributed by atoms with Crippen molar-refractivity contribution in [3.63, 3.8) is 0 Å². The van der Waals surface area contributed by atoms with Crippen LogP contribution in [0.3, 0.4) is 0 Å². The second kappa shape index (κ2) is 10.4. The Bertz CT molecular complexity index is 1180. The van der Waals surface area contributed by atoms with Gasteiger partial charge in [0.2, 0.25) is 17.7 Å². The minimum Gasteiger partial charge on any atom is -0.494 e. The zero-order valence-corrected chi connectivity index (χ0v) is 23.2. The van der Waals surface area contributed by atoms with Crippen LogP contribution >= 0.6 is 0 Å². The number of benzene rings is 1. The molecular weight excluding hydrogens is 498 g/mol. The van der Waals surface area contributed by atoms with Crippen molar-refractivity contribution >= 4 is 23.4 Å². The van der Waals surface area contributed by atoms with E-state index in [4.69, 9.17) is 9.47 Å². The van der Waals surface area contributed by atoms with E-state index >= 15 is 0 Å². The van der Waals surface area contributed by atoms with Gasteiger partial charge in [-0.2, -0.15) is 0 Å². The highest BCUT2D eigenvalue weighted by atomic mass is 16.5. The van der Waals surface area contributed by atoms with Crippen molar-refractivity contribution in [3.8, 4) is 5.75 Å². The number of ether oxygens (including phenoxy) is 2. The van der Waals surface area contributed by atoms with Crippen molar-refractivity contribution in [2.45, 2.75) is 63.8 Å². The number of nitrogens with zero attached hydrogens (tertiary/aromatic N) is 3. The van der Waals surface area contributed by atoms with Gasteiger partial charge in [0.1, 0.15) is 17.4 Å². The molecule has 2 fully saturated rings. The van der Waals surface area contributed by atoms with Gasteiger partial charge in [-0.25, -0.2) is 0 Å². The molecule has 0 saturated carbocycles. The Morgan fingerprint density at radius 2 is 1.74 bits per heavy atom. The molecule has 1 N–H and O–H groups in total. The van der Waals surface area contributed by atoms with E-state index < -0.39 is 35.1 Å². The van der Waals surface area contributed by atoms with Crippen LogP contribution in [0.1, 0.15) is 40.5 Å². The fraction of sp³-hybridized carbons (Fsp3) is 0.567. The van der Waals surface area contributed by atoms with Gasteiger partial charge in [-0.05, 0) is 51.5 Å². The summed E-state index contributed by atoms with van der Waals surface area (Å²) in [4.78, 5) is 47.6. The highest BCUT2D eigenvalue weighted by molar-refractivity contribution is 6.04. The van der Waals surface area contributed by atoms with Gasteiger partial charge in [0.15, 0.2) is 0 Å². The number of rotatable bonds is 8. The Morgan fingerprint density at radius 3 is 2.41 bits per heavy atom. The van der Waals surface area contributed by atoms with E-state index in [0.29, 0.717) is 37.7 Å². The SMILES string of the molecule is CCCCN1CC=C[C@]23O[C@@]4(C)C=CCN(c5ccc(OCC)cc5)C(=O)[C@H]4[C@H]2C(=O)N([C@H](C)CO)C3C1=O. The number of hydrogen-bond acceptors (Lipinski definition) is 6. The number of anilines is 1. The molecule has 1 aromatic carbocycles. The van der Waals surface area contributed by atoms with Gasteiger partial charge in [-0.1, -0.05) is 37.6 Å². The predicted molar refractivity (Wildman–Crippen MR) is 146 cm³/mol. The molecule has 3 amide bonds. The molecule has 0 aromatic heterocycles. The third kappa shape index (κ3) is 4.26. The predicted octanol–water partition coefficient (Wildman–Crippen LogP) is 2.54. The van der Waals surface area contributed by atoms with Crippen molar-refractivity contribution in [2.24, 2.45) is 11.8 Å². The maximum atomic E-state index is 14.4. The van der Waals surface area contributed by atoms with Crippen LogP contribution in [0.25, 0.3) is 0 Å². The third-order valence-electron chi connectivity index (χ3n) is 8.56. The van der Waals surface area contributed by atoms with Crippen LogP contribution < -0.4 is 9.64 Å². The van der Waals surface area contributed by atoms with E-state index in [-0.39, 0.29) is 24.3 Å². The van der Waals surface area contributed by atoms with Crippen LogP contribution in [0.2, 0.25) is 0 Å². The van der Waals surface area contributed by atoms with Crippen molar-refractivity contribution in [1.29, 1.82) is 0 Å². The number of aliphatic hydroxyl groups is 1. The standard InChI is InChI=1S/C30H39N3O6/c1-5-7-16-31-17-9-15-30-24(27(36)33(20(3)19-34)25(30)28(31)37)23-26(35)32(18-8-14-29(23,4)39-30)21-10-12-22(13-11-21)38-6-2/h8-15,20,23-25,34H,5-7,16-19H2,1-4H3/t20-,23-,24+,25?,29+,30+/m1/s1. The summed E-state index contributed by atoms with van der Waals surface area (Å²) in [6.07, 6.45) is 9.28. The highest BCUT2D eigenvalue weighted by Gasteiger charge is 2.75. The maximum Gasteiger partial charge on any atom is 0.249 e. The zero-order chi connectivity index (χ0) is 27.9. The number of unbranched alkanes of at least 4 members (excludes halogenated alkanes) is 1. The minimum atomic E-state index is -1.32. The summed E-state index contributed by atoms with van der Waals surface area (Å²) in [5, 5.41) is 10.1. The fourth-order valence-electron chi connectivity index (χ4n) is 6.74. The fourth-order valence-corrected chi connectivity index (χ4v) is 6.74. The molecule has 0 aliphatic carbocycles. The summed E-state index contributed by atoms with van der Waals surface area (Å²) in [6, 6.07) is 5.76. The number of fused-ring (bicyclic) bond motifs is 2. The average molecular weight is 538 g/mol. The summed E-state index contributed by atoms with van der Waals surface area (Å²) in [5.41, 5.74) is -1.72. The molecule has 6 atom stereocenters.